The molecule has 1 aromatic carbocycles. The van der Waals surface area contributed by atoms with Gasteiger partial charge in [0, 0.05) is 19.8 Å². The summed E-state index contributed by atoms with van der Waals surface area (Å²) < 4.78 is 42.9. The Morgan fingerprint density at radius 2 is 1.76 bits per heavy atom. The minimum absolute atomic E-state index is 0.0806. The maximum Gasteiger partial charge on any atom is 0.411 e. The van der Waals surface area contributed by atoms with Gasteiger partial charge in [-0.1, -0.05) is 30.3 Å². The van der Waals surface area contributed by atoms with Crippen LogP contribution in [0.25, 0.3) is 5.65 Å². The molecule has 154 valence electrons. The Morgan fingerprint density at radius 1 is 1.03 bits per heavy atom. The molecule has 0 aliphatic heterocycles. The summed E-state index contributed by atoms with van der Waals surface area (Å²) in [4.78, 5) is 4.17. The number of nitrogens with one attached hydrogen (secondary N) is 2. The monoisotopic (exact) mass is 406 g/mol. The molecule has 0 unspecified atom stereocenters. The molecule has 2 N–H and O–H groups in total. The molecule has 0 amide bonds. The Kier molecular flexibility index (Phi) is 6.65. The second-order valence-electron chi connectivity index (χ2n) is 6.25. The third kappa shape index (κ3) is 6.18. The van der Waals surface area contributed by atoms with Crippen molar-refractivity contribution >= 4 is 11.6 Å². The van der Waals surface area contributed by atoms with Crippen LogP contribution in [0.3, 0.4) is 0 Å². The third-order valence-corrected chi connectivity index (χ3v) is 4.04. The van der Waals surface area contributed by atoms with Crippen molar-refractivity contribution in [2.24, 2.45) is 4.99 Å². The van der Waals surface area contributed by atoms with E-state index in [0.717, 1.165) is 17.0 Å². The normalized spacial score (nSPS) is 12.3. The van der Waals surface area contributed by atoms with Crippen LogP contribution in [0.15, 0.2) is 53.7 Å². The molecule has 2 heterocycles. The highest BCUT2D eigenvalue weighted by Crippen LogP contribution is 2.15. The van der Waals surface area contributed by atoms with Crippen LogP contribution in [0.4, 0.5) is 13.2 Å². The van der Waals surface area contributed by atoms with Gasteiger partial charge in [0.05, 0.1) is 13.2 Å². The average molecular weight is 406 g/mol. The molecule has 0 saturated heterocycles. The Hall–Kier alpha value is -3.14. The van der Waals surface area contributed by atoms with E-state index in [1.165, 1.54) is 0 Å². The second-order valence-corrected chi connectivity index (χ2v) is 6.25. The zero-order valence-corrected chi connectivity index (χ0v) is 15.8. The number of benzene rings is 1. The van der Waals surface area contributed by atoms with Crippen LogP contribution in [0.5, 0.6) is 0 Å². The van der Waals surface area contributed by atoms with Gasteiger partial charge < -0.3 is 15.4 Å². The lowest BCUT2D eigenvalue weighted by molar-refractivity contribution is -0.176. The van der Waals surface area contributed by atoms with E-state index in [4.69, 9.17) is 0 Å². The SMILES string of the molecule is CN=C(NCc1ccc(COCC(F)(F)F)cc1)NCc1nnc2ccccn12. The van der Waals surface area contributed by atoms with E-state index in [1.54, 1.807) is 19.2 Å². The maximum atomic E-state index is 12.1. The number of pyridine rings is 1. The van der Waals surface area contributed by atoms with Crippen molar-refractivity contribution in [1.29, 1.82) is 0 Å². The number of fused-ring (bicyclic) bond motifs is 1. The molecule has 3 rings (SSSR count). The van der Waals surface area contributed by atoms with Gasteiger partial charge in [0.1, 0.15) is 6.61 Å². The lowest BCUT2D eigenvalue weighted by atomic mass is 10.1. The fourth-order valence-electron chi connectivity index (χ4n) is 2.62. The molecule has 0 fully saturated rings. The average Bonchev–Trinajstić information content (AvgIpc) is 3.11. The summed E-state index contributed by atoms with van der Waals surface area (Å²) in [6.45, 7) is -0.382. The molecule has 0 bridgehead atoms. The number of aliphatic imine (C=N–C) groups is 1. The number of aromatic nitrogens is 3. The maximum absolute atomic E-state index is 12.1. The fourth-order valence-corrected chi connectivity index (χ4v) is 2.62. The molecule has 2 aromatic heterocycles. The first kappa shape index (κ1) is 20.6. The number of halogens is 3. The van der Waals surface area contributed by atoms with Crippen LogP contribution >= 0.6 is 0 Å². The van der Waals surface area contributed by atoms with E-state index >= 15 is 0 Å². The van der Waals surface area contributed by atoms with Crippen molar-refractivity contribution in [1.82, 2.24) is 25.2 Å². The lowest BCUT2D eigenvalue weighted by Gasteiger charge is -2.12. The Balaban J connectivity index is 1.46. The van der Waals surface area contributed by atoms with E-state index in [9.17, 15) is 13.2 Å². The predicted octanol–water partition coefficient (Wildman–Crippen LogP) is 2.67. The van der Waals surface area contributed by atoms with Gasteiger partial charge in [0.2, 0.25) is 0 Å². The number of guanidine groups is 1. The fraction of sp³-hybridized carbons (Fsp3) is 0.316. The molecule has 0 radical (unpaired) electrons. The van der Waals surface area contributed by atoms with Gasteiger partial charge in [-0.15, -0.1) is 10.2 Å². The van der Waals surface area contributed by atoms with Crippen LogP contribution in [0.2, 0.25) is 0 Å². The molecule has 7 nitrogen and oxygen atoms in total. The summed E-state index contributed by atoms with van der Waals surface area (Å²) in [6, 6.07) is 12.8. The third-order valence-electron chi connectivity index (χ3n) is 4.04. The van der Waals surface area contributed by atoms with Crippen LogP contribution in [-0.2, 0) is 24.4 Å². The van der Waals surface area contributed by atoms with Gasteiger partial charge in [0.15, 0.2) is 17.4 Å². The number of hydrogen-bond acceptors (Lipinski definition) is 4. The number of ether oxygens (including phenoxy) is 1. The van der Waals surface area contributed by atoms with Gasteiger partial charge in [-0.05, 0) is 23.3 Å². The van der Waals surface area contributed by atoms with Crippen molar-refractivity contribution in [2.45, 2.75) is 25.9 Å². The Bertz CT molecular complexity index is 952. The quantitative estimate of drug-likeness (QED) is 0.466. The Labute approximate surface area is 165 Å². The molecule has 0 aliphatic carbocycles. The van der Waals surface area contributed by atoms with Crippen LogP contribution in [0, 0.1) is 0 Å². The molecule has 10 heteroatoms. The first-order chi connectivity index (χ1) is 13.9. The van der Waals surface area contributed by atoms with Crippen LogP contribution in [0.1, 0.15) is 17.0 Å². The lowest BCUT2D eigenvalue weighted by Crippen LogP contribution is -2.36. The molecular formula is C19H21F3N6O. The van der Waals surface area contributed by atoms with Crippen molar-refractivity contribution in [3.8, 4) is 0 Å². The summed E-state index contributed by atoms with van der Waals surface area (Å²) in [6.07, 6.45) is -2.42. The van der Waals surface area contributed by atoms with Crippen molar-refractivity contribution in [3.63, 3.8) is 0 Å². The number of nitrogens with zero attached hydrogens (tertiary/aromatic N) is 4. The molecule has 0 spiro atoms. The summed E-state index contributed by atoms with van der Waals surface area (Å²) in [7, 11) is 1.67. The van der Waals surface area contributed by atoms with Crippen molar-refractivity contribution in [3.05, 3.63) is 65.6 Å². The number of rotatable bonds is 7. The minimum Gasteiger partial charge on any atom is -0.367 e. The topological polar surface area (TPSA) is 75.8 Å². The first-order valence-corrected chi connectivity index (χ1v) is 8.90. The molecular weight excluding hydrogens is 385 g/mol. The highest BCUT2D eigenvalue weighted by Gasteiger charge is 2.27. The van der Waals surface area contributed by atoms with Crippen molar-refractivity contribution in [2.75, 3.05) is 13.7 Å². The zero-order valence-electron chi connectivity index (χ0n) is 15.8. The summed E-state index contributed by atoms with van der Waals surface area (Å²) >= 11 is 0. The van der Waals surface area contributed by atoms with Gasteiger partial charge in [-0.3, -0.25) is 9.39 Å². The molecule has 3 aromatic rings. The van der Waals surface area contributed by atoms with Gasteiger partial charge in [0.25, 0.3) is 0 Å². The van der Waals surface area contributed by atoms with Gasteiger partial charge in [-0.2, -0.15) is 13.2 Å². The van der Waals surface area contributed by atoms with E-state index in [2.05, 4.69) is 30.6 Å². The van der Waals surface area contributed by atoms with Crippen LogP contribution in [-0.4, -0.2) is 40.4 Å². The highest BCUT2D eigenvalue weighted by atomic mass is 19.4. The largest absolute Gasteiger partial charge is 0.411 e. The summed E-state index contributed by atoms with van der Waals surface area (Å²) in [5.74, 6) is 1.35. The first-order valence-electron chi connectivity index (χ1n) is 8.90. The number of hydrogen-bond donors (Lipinski definition) is 2. The van der Waals surface area contributed by atoms with Crippen LogP contribution < -0.4 is 10.6 Å². The van der Waals surface area contributed by atoms with E-state index in [0.29, 0.717) is 24.6 Å². The van der Waals surface area contributed by atoms with E-state index in [1.807, 2.05) is 40.9 Å². The van der Waals surface area contributed by atoms with Gasteiger partial charge in [-0.25, -0.2) is 0 Å². The zero-order chi connectivity index (χ0) is 20.7. The molecule has 0 aliphatic rings. The minimum atomic E-state index is -4.31. The number of alkyl halides is 3. The van der Waals surface area contributed by atoms with Crippen molar-refractivity contribution < 1.29 is 17.9 Å². The molecule has 29 heavy (non-hydrogen) atoms. The summed E-state index contributed by atoms with van der Waals surface area (Å²) in [5.41, 5.74) is 2.41. The second kappa shape index (κ2) is 9.37. The van der Waals surface area contributed by atoms with Gasteiger partial charge >= 0.3 is 6.18 Å². The van der Waals surface area contributed by atoms with E-state index < -0.39 is 12.8 Å². The molecule has 0 atom stereocenters. The smallest absolute Gasteiger partial charge is 0.367 e. The predicted molar refractivity (Wildman–Crippen MR) is 102 cm³/mol. The Morgan fingerprint density at radius 3 is 2.48 bits per heavy atom. The van der Waals surface area contributed by atoms with E-state index in [-0.39, 0.29) is 6.61 Å². The highest BCUT2D eigenvalue weighted by molar-refractivity contribution is 5.79. The molecule has 0 saturated carbocycles. The standard InChI is InChI=1S/C19H21F3N6O/c1-23-18(25-11-17-27-26-16-4-2-3-9-28(16)17)24-10-14-5-7-15(8-6-14)12-29-13-19(20,21)22/h2-9H,10-13H2,1H3,(H2,23,24,25). The summed E-state index contributed by atoms with van der Waals surface area (Å²) in [5, 5.41) is 14.6.